The molecule has 0 aromatic heterocycles. The first kappa shape index (κ1) is 25.0. The Labute approximate surface area is 206 Å². The summed E-state index contributed by atoms with van der Waals surface area (Å²) in [6.45, 7) is 0.539. The van der Waals surface area contributed by atoms with Gasteiger partial charge in [0, 0.05) is 30.3 Å². The van der Waals surface area contributed by atoms with E-state index in [1.54, 1.807) is 23.5 Å². The standard InChI is InChI=1S/C25H32ClN3O4S/c1-28-23(17-8-4-2-5-9-17)16-29(19-10-6-3-7-11-19)22-15-20(26)18(12-13-21(27)25(30)31)14-24(22)34(28,32)33/h3,6-7,10-11,14-15,17,21,23H,2,4-5,8-9,12-13,16,27H2,1H3,(H,30,31)/t21-,23-/m0/s1. The number of hydrogen-bond donors (Lipinski definition) is 2. The average molecular weight is 506 g/mol. The number of sulfonamides is 1. The van der Waals surface area contributed by atoms with Gasteiger partial charge < -0.3 is 15.7 Å². The highest BCUT2D eigenvalue weighted by Crippen LogP contribution is 2.42. The molecule has 2 aliphatic rings. The van der Waals surface area contributed by atoms with Crippen LogP contribution in [0.3, 0.4) is 0 Å². The molecule has 2 atom stereocenters. The molecule has 0 saturated heterocycles. The van der Waals surface area contributed by atoms with Crippen LogP contribution in [0.25, 0.3) is 0 Å². The van der Waals surface area contributed by atoms with E-state index >= 15 is 0 Å². The smallest absolute Gasteiger partial charge is 0.320 e. The van der Waals surface area contributed by atoms with Gasteiger partial charge in [0.05, 0.1) is 5.69 Å². The molecule has 1 fully saturated rings. The lowest BCUT2D eigenvalue weighted by Gasteiger charge is -2.36. The van der Waals surface area contributed by atoms with Gasteiger partial charge in [0.1, 0.15) is 10.9 Å². The van der Waals surface area contributed by atoms with E-state index in [4.69, 9.17) is 22.4 Å². The van der Waals surface area contributed by atoms with E-state index in [0.29, 0.717) is 22.8 Å². The lowest BCUT2D eigenvalue weighted by Crippen LogP contribution is -2.46. The number of benzene rings is 2. The molecule has 0 spiro atoms. The minimum Gasteiger partial charge on any atom is -0.480 e. The number of carboxylic acid groups (broad SMARTS) is 1. The molecule has 4 rings (SSSR count). The van der Waals surface area contributed by atoms with Crippen molar-refractivity contribution >= 4 is 39.0 Å². The van der Waals surface area contributed by atoms with E-state index in [9.17, 15) is 13.2 Å². The second-order valence-electron chi connectivity index (χ2n) is 9.33. The van der Waals surface area contributed by atoms with Crippen molar-refractivity contribution in [2.75, 3.05) is 18.5 Å². The molecule has 3 N–H and O–H groups in total. The summed E-state index contributed by atoms with van der Waals surface area (Å²) >= 11 is 6.62. The molecule has 0 radical (unpaired) electrons. The number of para-hydroxylation sites is 1. The number of aryl methyl sites for hydroxylation is 1. The van der Waals surface area contributed by atoms with E-state index in [0.717, 1.165) is 31.4 Å². The van der Waals surface area contributed by atoms with Crippen molar-refractivity contribution in [1.29, 1.82) is 0 Å². The maximum Gasteiger partial charge on any atom is 0.320 e. The number of aliphatic carboxylic acids is 1. The Hall–Kier alpha value is -2.13. The number of halogens is 1. The number of fused-ring (bicyclic) bond motifs is 1. The topological polar surface area (TPSA) is 104 Å². The fourth-order valence-corrected chi connectivity index (χ4v) is 7.06. The molecule has 184 valence electrons. The SMILES string of the molecule is CN1[C@H](C2CCCCC2)CN(c2ccccc2)c2cc(Cl)c(CC[C@H](N)C(=O)O)cc2S1(=O)=O. The van der Waals surface area contributed by atoms with Gasteiger partial charge in [-0.25, -0.2) is 8.42 Å². The molecule has 0 amide bonds. The number of nitrogens with two attached hydrogens (primary N) is 1. The molecule has 1 aliphatic heterocycles. The van der Waals surface area contributed by atoms with Gasteiger partial charge >= 0.3 is 5.97 Å². The third kappa shape index (κ3) is 4.96. The molecule has 7 nitrogen and oxygen atoms in total. The lowest BCUT2D eigenvalue weighted by molar-refractivity contribution is -0.138. The quantitative estimate of drug-likeness (QED) is 0.602. The van der Waals surface area contributed by atoms with Gasteiger partial charge in [0.15, 0.2) is 0 Å². The Morgan fingerprint density at radius 2 is 1.85 bits per heavy atom. The molecule has 34 heavy (non-hydrogen) atoms. The summed E-state index contributed by atoms with van der Waals surface area (Å²) in [4.78, 5) is 13.4. The van der Waals surface area contributed by atoms with Gasteiger partial charge in [-0.15, -0.1) is 0 Å². The van der Waals surface area contributed by atoms with Crippen molar-refractivity contribution in [3.05, 3.63) is 53.1 Å². The Balaban J connectivity index is 1.81. The monoisotopic (exact) mass is 505 g/mol. The Kier molecular flexibility index (Phi) is 7.52. The van der Waals surface area contributed by atoms with Crippen LogP contribution < -0.4 is 10.6 Å². The number of carboxylic acids is 1. The van der Waals surface area contributed by atoms with Crippen LogP contribution in [-0.2, 0) is 21.2 Å². The second-order valence-corrected chi connectivity index (χ2v) is 11.7. The van der Waals surface area contributed by atoms with Gasteiger partial charge in [-0.05, 0) is 61.4 Å². The van der Waals surface area contributed by atoms with Crippen LogP contribution in [0.5, 0.6) is 0 Å². The van der Waals surface area contributed by atoms with Gasteiger partial charge in [-0.1, -0.05) is 49.1 Å². The summed E-state index contributed by atoms with van der Waals surface area (Å²) in [5.41, 5.74) is 7.71. The largest absolute Gasteiger partial charge is 0.480 e. The van der Waals surface area contributed by atoms with E-state index in [1.165, 1.54) is 6.42 Å². The lowest BCUT2D eigenvalue weighted by atomic mass is 9.83. The van der Waals surface area contributed by atoms with Crippen molar-refractivity contribution in [2.45, 2.75) is 61.9 Å². The third-order valence-corrected chi connectivity index (χ3v) is 9.48. The Bertz CT molecular complexity index is 1140. The molecule has 1 heterocycles. The Morgan fingerprint density at radius 1 is 1.18 bits per heavy atom. The van der Waals surface area contributed by atoms with Crippen LogP contribution in [0.15, 0.2) is 47.4 Å². The highest BCUT2D eigenvalue weighted by atomic mass is 35.5. The second kappa shape index (κ2) is 10.2. The number of carbonyl (C=O) groups is 1. The van der Waals surface area contributed by atoms with Gasteiger partial charge in [-0.3, -0.25) is 4.79 Å². The molecule has 2 aromatic rings. The van der Waals surface area contributed by atoms with E-state index in [2.05, 4.69) is 4.90 Å². The maximum atomic E-state index is 13.9. The molecule has 1 saturated carbocycles. The number of likely N-dealkylation sites (N-methyl/N-ethyl adjacent to an activating group) is 1. The number of anilines is 2. The van der Waals surface area contributed by atoms with E-state index in [1.807, 2.05) is 30.3 Å². The maximum absolute atomic E-state index is 13.9. The fourth-order valence-electron chi connectivity index (χ4n) is 5.18. The summed E-state index contributed by atoms with van der Waals surface area (Å²) in [7, 11) is -2.12. The highest BCUT2D eigenvalue weighted by molar-refractivity contribution is 7.89. The minimum atomic E-state index is -3.81. The highest BCUT2D eigenvalue weighted by Gasteiger charge is 2.41. The normalized spacial score (nSPS) is 22.1. The van der Waals surface area contributed by atoms with Crippen LogP contribution >= 0.6 is 11.6 Å². The van der Waals surface area contributed by atoms with Gasteiger partial charge in [0.25, 0.3) is 0 Å². The zero-order valence-electron chi connectivity index (χ0n) is 19.4. The van der Waals surface area contributed by atoms with E-state index in [-0.39, 0.29) is 29.7 Å². The average Bonchev–Trinajstić information content (AvgIpc) is 2.91. The molecule has 9 heteroatoms. The molecular weight excluding hydrogens is 474 g/mol. The molecule has 1 aliphatic carbocycles. The van der Waals surface area contributed by atoms with Crippen LogP contribution in [0.4, 0.5) is 11.4 Å². The first-order valence-electron chi connectivity index (χ1n) is 11.8. The summed E-state index contributed by atoms with van der Waals surface area (Å²) < 4.78 is 29.3. The van der Waals surface area contributed by atoms with Crippen LogP contribution in [0.1, 0.15) is 44.1 Å². The number of rotatable bonds is 6. The zero-order chi connectivity index (χ0) is 24.5. The first-order valence-corrected chi connectivity index (χ1v) is 13.6. The predicted octanol–water partition coefficient (Wildman–Crippen LogP) is 4.41. The number of hydrogen-bond acceptors (Lipinski definition) is 5. The third-order valence-electron chi connectivity index (χ3n) is 7.22. The molecule has 0 bridgehead atoms. The molecule has 0 unspecified atom stereocenters. The van der Waals surface area contributed by atoms with Gasteiger partial charge in [-0.2, -0.15) is 4.31 Å². The minimum absolute atomic E-state index is 0.164. The van der Waals surface area contributed by atoms with Crippen molar-refractivity contribution in [3.63, 3.8) is 0 Å². The zero-order valence-corrected chi connectivity index (χ0v) is 20.9. The van der Waals surface area contributed by atoms with Crippen molar-refractivity contribution < 1.29 is 18.3 Å². The van der Waals surface area contributed by atoms with Gasteiger partial charge in [0.2, 0.25) is 10.0 Å². The summed E-state index contributed by atoms with van der Waals surface area (Å²) in [6, 6.07) is 11.9. The van der Waals surface area contributed by atoms with Crippen LogP contribution in [-0.4, -0.2) is 49.5 Å². The summed E-state index contributed by atoms with van der Waals surface area (Å²) in [5, 5.41) is 9.53. The van der Waals surface area contributed by atoms with Crippen molar-refractivity contribution in [3.8, 4) is 0 Å². The van der Waals surface area contributed by atoms with E-state index < -0.39 is 22.0 Å². The molecular formula is C25H32ClN3O4S. The Morgan fingerprint density at radius 3 is 2.50 bits per heavy atom. The van der Waals surface area contributed by atoms with Crippen molar-refractivity contribution in [1.82, 2.24) is 4.31 Å². The van der Waals surface area contributed by atoms with Crippen molar-refractivity contribution in [2.24, 2.45) is 11.7 Å². The predicted molar refractivity (Wildman–Crippen MR) is 134 cm³/mol. The fraction of sp³-hybridized carbons (Fsp3) is 0.480. The van der Waals surface area contributed by atoms with Crippen LogP contribution in [0, 0.1) is 5.92 Å². The first-order chi connectivity index (χ1) is 16.2. The van der Waals surface area contributed by atoms with Crippen LogP contribution in [0.2, 0.25) is 5.02 Å². The molecule has 2 aromatic carbocycles. The summed E-state index contributed by atoms with van der Waals surface area (Å²) in [6.07, 6.45) is 5.90. The number of nitrogens with zero attached hydrogens (tertiary/aromatic N) is 2. The summed E-state index contributed by atoms with van der Waals surface area (Å²) in [5.74, 6) is -0.804.